The highest BCUT2D eigenvalue weighted by Gasteiger charge is 2.34. The summed E-state index contributed by atoms with van der Waals surface area (Å²) in [5.41, 5.74) is 5.81. The van der Waals surface area contributed by atoms with Gasteiger partial charge in [-0.2, -0.15) is 5.26 Å². The molecule has 176 valence electrons. The van der Waals surface area contributed by atoms with Gasteiger partial charge in [0.2, 0.25) is 0 Å². The van der Waals surface area contributed by atoms with Crippen molar-refractivity contribution in [2.75, 3.05) is 13.2 Å². The van der Waals surface area contributed by atoms with Crippen molar-refractivity contribution in [2.24, 2.45) is 0 Å². The number of rotatable bonds is 4. The summed E-state index contributed by atoms with van der Waals surface area (Å²) in [7, 11) is 0. The third-order valence-corrected chi connectivity index (χ3v) is 7.33. The van der Waals surface area contributed by atoms with Crippen LogP contribution in [0.25, 0.3) is 21.9 Å². The van der Waals surface area contributed by atoms with E-state index < -0.39 is 0 Å². The molecule has 7 nitrogen and oxygen atoms in total. The van der Waals surface area contributed by atoms with Crippen LogP contribution in [-0.4, -0.2) is 43.7 Å². The van der Waals surface area contributed by atoms with E-state index in [1.54, 1.807) is 6.20 Å². The second-order valence-corrected chi connectivity index (χ2v) is 9.74. The molecule has 1 aromatic carbocycles. The molecule has 0 amide bonds. The van der Waals surface area contributed by atoms with Gasteiger partial charge in [-0.3, -0.25) is 9.97 Å². The first kappa shape index (κ1) is 21.8. The number of allylic oxidation sites excluding steroid dienone is 1. The highest BCUT2D eigenvalue weighted by atomic mass is 16.5. The first-order valence-electron chi connectivity index (χ1n) is 12.2. The number of fused-ring (bicyclic) bond motifs is 3. The van der Waals surface area contributed by atoms with Crippen molar-refractivity contribution in [3.63, 3.8) is 0 Å². The summed E-state index contributed by atoms with van der Waals surface area (Å²) in [5, 5.41) is 10.5. The van der Waals surface area contributed by atoms with E-state index in [2.05, 4.69) is 45.1 Å². The van der Waals surface area contributed by atoms with E-state index in [4.69, 9.17) is 9.72 Å². The molecule has 2 fully saturated rings. The maximum atomic E-state index is 9.55. The lowest BCUT2D eigenvalue weighted by Gasteiger charge is -2.31. The van der Waals surface area contributed by atoms with E-state index in [-0.39, 0.29) is 18.1 Å². The maximum Gasteiger partial charge on any atom is 0.115 e. The molecule has 0 radical (unpaired) electrons. The number of aromatic nitrogens is 4. The smallest absolute Gasteiger partial charge is 0.115 e. The summed E-state index contributed by atoms with van der Waals surface area (Å²) in [4.78, 5) is 16.5. The molecular weight excluding hydrogens is 436 g/mol. The predicted octanol–water partition coefficient (Wildman–Crippen LogP) is 5.09. The number of nitrogens with zero attached hydrogens (tertiary/aromatic N) is 6. The van der Waals surface area contributed by atoms with Crippen LogP contribution in [0.2, 0.25) is 0 Å². The summed E-state index contributed by atoms with van der Waals surface area (Å²) in [6.45, 7) is 8.94. The molecule has 0 N–H and O–H groups in total. The number of pyridine rings is 2. The Morgan fingerprint density at radius 2 is 2.14 bits per heavy atom. The lowest BCUT2D eigenvalue weighted by atomic mass is 10.0. The van der Waals surface area contributed by atoms with Crippen LogP contribution in [-0.2, 0) is 11.3 Å². The third-order valence-electron chi connectivity index (χ3n) is 7.33. The Morgan fingerprint density at radius 3 is 2.94 bits per heavy atom. The topological polar surface area (TPSA) is 79.9 Å². The van der Waals surface area contributed by atoms with Gasteiger partial charge in [0.15, 0.2) is 0 Å². The number of benzene rings is 1. The maximum absolute atomic E-state index is 9.55. The number of hydrogen-bond donors (Lipinski definition) is 0. The van der Waals surface area contributed by atoms with Gasteiger partial charge in [-0.15, -0.1) is 0 Å². The molecule has 0 bridgehead atoms. The lowest BCUT2D eigenvalue weighted by molar-refractivity contribution is 0.00607. The Kier molecular flexibility index (Phi) is 5.46. The van der Waals surface area contributed by atoms with E-state index in [1.807, 2.05) is 36.7 Å². The van der Waals surface area contributed by atoms with Crippen molar-refractivity contribution >= 4 is 21.9 Å². The average Bonchev–Trinajstić information content (AvgIpc) is 3.45. The quantitative estimate of drug-likeness (QED) is 0.418. The van der Waals surface area contributed by atoms with Crippen LogP contribution in [0.5, 0.6) is 0 Å². The van der Waals surface area contributed by atoms with Gasteiger partial charge in [0, 0.05) is 55.1 Å². The molecule has 6 rings (SSSR count). The Hall–Kier alpha value is -3.76. The lowest BCUT2D eigenvalue weighted by Crippen LogP contribution is -2.27. The zero-order valence-corrected chi connectivity index (χ0v) is 19.9. The first-order chi connectivity index (χ1) is 17.1. The van der Waals surface area contributed by atoms with E-state index in [0.717, 1.165) is 72.4 Å². The van der Waals surface area contributed by atoms with Crippen molar-refractivity contribution in [1.29, 1.82) is 5.26 Å². The molecule has 2 aliphatic rings. The number of imidazole rings is 1. The van der Waals surface area contributed by atoms with E-state index in [1.165, 1.54) is 5.56 Å². The van der Waals surface area contributed by atoms with Gasteiger partial charge in [-0.25, -0.2) is 4.98 Å². The van der Waals surface area contributed by atoms with Crippen LogP contribution < -0.4 is 0 Å². The molecule has 2 aliphatic heterocycles. The number of hydrogen-bond acceptors (Lipinski definition) is 6. The summed E-state index contributed by atoms with van der Waals surface area (Å²) < 4.78 is 8.34. The van der Waals surface area contributed by atoms with Crippen molar-refractivity contribution in [3.05, 3.63) is 78.1 Å². The second-order valence-electron chi connectivity index (χ2n) is 9.74. The summed E-state index contributed by atoms with van der Waals surface area (Å²) >= 11 is 0. The van der Waals surface area contributed by atoms with Crippen molar-refractivity contribution in [2.45, 2.75) is 50.8 Å². The SMILES string of the molecule is C=C1C[C@H](c2nc3cnc4ccc(C#N)cc4c3n2C2CCO[C@H](C)C2)CN1Cc1cccnc1. The highest BCUT2D eigenvalue weighted by Crippen LogP contribution is 2.40. The molecule has 0 spiro atoms. The standard InChI is InChI=1S/C28H28N6O/c1-18-10-22(17-33(18)16-21-4-3-8-30-14-21)28-32-26-15-31-25-6-5-20(13-29)12-24(25)27(26)34(28)23-7-9-35-19(2)11-23/h3-6,8,12,14-15,19,22-23H,1,7,9-11,16-17H2,2H3/t19-,22+,23?/m1/s1. The summed E-state index contributed by atoms with van der Waals surface area (Å²) in [6, 6.07) is 12.4. The highest BCUT2D eigenvalue weighted by molar-refractivity contribution is 6.03. The number of nitriles is 1. The fraction of sp³-hybridized carbons (Fsp3) is 0.357. The first-order valence-corrected chi connectivity index (χ1v) is 12.2. The Labute approximate surface area is 204 Å². The predicted molar refractivity (Wildman–Crippen MR) is 135 cm³/mol. The summed E-state index contributed by atoms with van der Waals surface area (Å²) in [6.07, 6.45) is 8.55. The molecular formula is C28H28N6O. The molecule has 0 aliphatic carbocycles. The van der Waals surface area contributed by atoms with Crippen LogP contribution in [0.15, 0.2) is 61.2 Å². The van der Waals surface area contributed by atoms with Crippen molar-refractivity contribution in [3.8, 4) is 6.07 Å². The number of likely N-dealkylation sites (tertiary alicyclic amines) is 1. The van der Waals surface area contributed by atoms with Crippen LogP contribution in [0.1, 0.15) is 55.1 Å². The average molecular weight is 465 g/mol. The van der Waals surface area contributed by atoms with Gasteiger partial charge in [0.25, 0.3) is 0 Å². The Balaban J connectivity index is 1.46. The fourth-order valence-corrected chi connectivity index (χ4v) is 5.67. The van der Waals surface area contributed by atoms with Gasteiger partial charge in [-0.1, -0.05) is 12.6 Å². The summed E-state index contributed by atoms with van der Waals surface area (Å²) in [5.74, 6) is 1.32. The third kappa shape index (κ3) is 3.94. The molecule has 0 saturated carbocycles. The Bertz CT molecular complexity index is 1450. The van der Waals surface area contributed by atoms with Gasteiger partial charge >= 0.3 is 0 Å². The molecule has 1 unspecified atom stereocenters. The molecule has 5 heterocycles. The van der Waals surface area contributed by atoms with Crippen molar-refractivity contribution < 1.29 is 4.74 Å². The second kappa shape index (κ2) is 8.79. The minimum absolute atomic E-state index is 0.197. The van der Waals surface area contributed by atoms with E-state index in [0.29, 0.717) is 5.56 Å². The van der Waals surface area contributed by atoms with Crippen LogP contribution in [0, 0.1) is 11.3 Å². The van der Waals surface area contributed by atoms with Gasteiger partial charge in [0.05, 0.1) is 35.0 Å². The van der Waals surface area contributed by atoms with Gasteiger partial charge < -0.3 is 14.2 Å². The van der Waals surface area contributed by atoms with Crippen LogP contribution in [0.3, 0.4) is 0 Å². The monoisotopic (exact) mass is 464 g/mol. The zero-order chi connectivity index (χ0) is 23.9. The minimum Gasteiger partial charge on any atom is -0.378 e. The molecule has 4 aromatic rings. The largest absolute Gasteiger partial charge is 0.378 e. The zero-order valence-electron chi connectivity index (χ0n) is 19.9. The molecule has 7 heteroatoms. The normalized spacial score (nSPS) is 22.7. The van der Waals surface area contributed by atoms with Gasteiger partial charge in [-0.05, 0) is 56.0 Å². The molecule has 3 atom stereocenters. The minimum atomic E-state index is 0.197. The fourth-order valence-electron chi connectivity index (χ4n) is 5.67. The number of ether oxygens (including phenoxy) is 1. The van der Waals surface area contributed by atoms with Crippen LogP contribution in [0.4, 0.5) is 0 Å². The van der Waals surface area contributed by atoms with E-state index >= 15 is 0 Å². The molecule has 2 saturated heterocycles. The molecule has 35 heavy (non-hydrogen) atoms. The van der Waals surface area contributed by atoms with Gasteiger partial charge in [0.1, 0.15) is 11.3 Å². The Morgan fingerprint density at radius 1 is 1.23 bits per heavy atom. The van der Waals surface area contributed by atoms with Crippen molar-refractivity contribution in [1.82, 2.24) is 24.4 Å². The van der Waals surface area contributed by atoms with Crippen LogP contribution >= 0.6 is 0 Å². The van der Waals surface area contributed by atoms with E-state index in [9.17, 15) is 5.26 Å². The molecule has 3 aromatic heterocycles.